The molecule has 0 amide bonds. The first kappa shape index (κ1) is 11.9. The quantitative estimate of drug-likeness (QED) is 0.727. The molecule has 1 aromatic heterocycles. The molecule has 1 unspecified atom stereocenters. The third-order valence-electron chi connectivity index (χ3n) is 3.98. The second-order valence-corrected chi connectivity index (χ2v) is 5.16. The van der Waals surface area contributed by atoms with Crippen molar-refractivity contribution in [3.05, 3.63) is 18.2 Å². The summed E-state index contributed by atoms with van der Waals surface area (Å²) in [5, 5.41) is 0. The van der Waals surface area contributed by atoms with Crippen LogP contribution in [0.4, 0.5) is 0 Å². The molecule has 1 atom stereocenters. The fourth-order valence-electron chi connectivity index (χ4n) is 2.97. The number of hydrogen-bond donors (Lipinski definition) is 0. The Balaban J connectivity index is 1.79. The van der Waals surface area contributed by atoms with E-state index in [1.807, 2.05) is 10.8 Å². The van der Waals surface area contributed by atoms with Crippen LogP contribution in [0.5, 0.6) is 0 Å². The molecule has 3 saturated heterocycles. The van der Waals surface area contributed by atoms with Crippen LogP contribution in [-0.4, -0.2) is 63.9 Å². The number of carbonyl (C=O) groups excluding carboxylic acids is 1. The molecule has 98 valence electrons. The number of piperazine rings is 3. The summed E-state index contributed by atoms with van der Waals surface area (Å²) in [7, 11) is 0. The van der Waals surface area contributed by atoms with Gasteiger partial charge in [0.1, 0.15) is 0 Å². The summed E-state index contributed by atoms with van der Waals surface area (Å²) in [6.45, 7) is 8.11. The van der Waals surface area contributed by atoms with Gasteiger partial charge in [-0.05, 0) is 6.42 Å². The summed E-state index contributed by atoms with van der Waals surface area (Å²) in [5.41, 5.74) is 0. The predicted octanol–water partition coefficient (Wildman–Crippen LogP) is 0.476. The zero-order chi connectivity index (χ0) is 12.5. The van der Waals surface area contributed by atoms with Crippen LogP contribution in [0.2, 0.25) is 0 Å². The van der Waals surface area contributed by atoms with Crippen LogP contribution >= 0.6 is 0 Å². The average Bonchev–Trinajstić information content (AvgIpc) is 2.88. The van der Waals surface area contributed by atoms with Gasteiger partial charge >= 0.3 is 0 Å². The fourth-order valence-corrected chi connectivity index (χ4v) is 2.97. The Labute approximate surface area is 107 Å². The molecule has 2 bridgehead atoms. The van der Waals surface area contributed by atoms with Crippen LogP contribution < -0.4 is 0 Å². The largest absolute Gasteiger partial charge is 0.328 e. The molecule has 3 fully saturated rings. The number of ketones is 1. The van der Waals surface area contributed by atoms with Crippen molar-refractivity contribution in [1.82, 2.24) is 19.4 Å². The van der Waals surface area contributed by atoms with E-state index in [2.05, 4.69) is 21.7 Å². The molecule has 0 saturated carbocycles. The number of hydrogen-bond acceptors (Lipinski definition) is 4. The van der Waals surface area contributed by atoms with E-state index in [1.54, 1.807) is 6.20 Å². The molecule has 5 heteroatoms. The zero-order valence-corrected chi connectivity index (χ0v) is 10.9. The minimum Gasteiger partial charge on any atom is -0.328 e. The van der Waals surface area contributed by atoms with Gasteiger partial charge in [0.15, 0.2) is 5.82 Å². The summed E-state index contributed by atoms with van der Waals surface area (Å²) in [6, 6.07) is 0.0190. The van der Waals surface area contributed by atoms with Crippen molar-refractivity contribution in [1.29, 1.82) is 0 Å². The van der Waals surface area contributed by atoms with Gasteiger partial charge in [-0.1, -0.05) is 6.92 Å². The van der Waals surface area contributed by atoms with Crippen LogP contribution in [-0.2, 0) is 6.54 Å². The normalized spacial score (nSPS) is 30.6. The molecule has 0 aromatic carbocycles. The molecular formula is C13H20N4O. The summed E-state index contributed by atoms with van der Waals surface area (Å²) >= 11 is 0. The molecule has 0 N–H and O–H groups in total. The lowest BCUT2D eigenvalue weighted by Gasteiger charge is -2.46. The van der Waals surface area contributed by atoms with Crippen molar-refractivity contribution in [3.63, 3.8) is 0 Å². The van der Waals surface area contributed by atoms with Crippen LogP contribution in [0.25, 0.3) is 0 Å². The summed E-state index contributed by atoms with van der Waals surface area (Å²) in [6.07, 6.45) is 4.67. The van der Waals surface area contributed by atoms with Crippen molar-refractivity contribution < 1.29 is 4.79 Å². The molecule has 1 aromatic rings. The summed E-state index contributed by atoms with van der Waals surface area (Å²) in [5.74, 6) is 0.827. The summed E-state index contributed by atoms with van der Waals surface area (Å²) in [4.78, 5) is 21.6. The van der Waals surface area contributed by atoms with E-state index in [4.69, 9.17) is 0 Å². The number of rotatable bonds is 4. The number of nitrogens with zero attached hydrogens (tertiary/aromatic N) is 4. The first-order chi connectivity index (χ1) is 8.79. The minimum absolute atomic E-state index is 0.0190. The van der Waals surface area contributed by atoms with Gasteiger partial charge in [-0.15, -0.1) is 0 Å². The van der Waals surface area contributed by atoms with Gasteiger partial charge < -0.3 is 4.57 Å². The summed E-state index contributed by atoms with van der Waals surface area (Å²) < 4.78 is 1.99. The SMILES string of the molecule is CCCn1ccnc1C(=O)C1CN2CCN1CC2. The van der Waals surface area contributed by atoms with Gasteiger partial charge in [0.05, 0.1) is 6.04 Å². The van der Waals surface area contributed by atoms with E-state index in [-0.39, 0.29) is 11.8 Å². The highest BCUT2D eigenvalue weighted by Crippen LogP contribution is 2.18. The monoisotopic (exact) mass is 248 g/mol. The van der Waals surface area contributed by atoms with Crippen LogP contribution in [0, 0.1) is 0 Å². The van der Waals surface area contributed by atoms with Crippen LogP contribution in [0.1, 0.15) is 24.0 Å². The highest BCUT2D eigenvalue weighted by molar-refractivity contribution is 5.97. The predicted molar refractivity (Wildman–Crippen MR) is 68.6 cm³/mol. The molecule has 3 aliphatic heterocycles. The zero-order valence-electron chi connectivity index (χ0n) is 10.9. The van der Waals surface area contributed by atoms with E-state index in [0.717, 1.165) is 45.7 Å². The number of fused-ring (bicyclic) bond motifs is 3. The van der Waals surface area contributed by atoms with Crippen molar-refractivity contribution in [2.45, 2.75) is 25.9 Å². The number of aryl methyl sites for hydroxylation is 1. The minimum atomic E-state index is 0.0190. The number of aromatic nitrogens is 2. The maximum atomic E-state index is 12.6. The Bertz CT molecular complexity index is 434. The Morgan fingerprint density at radius 3 is 2.78 bits per heavy atom. The van der Waals surface area contributed by atoms with Gasteiger partial charge in [-0.3, -0.25) is 14.6 Å². The van der Waals surface area contributed by atoms with E-state index in [1.165, 1.54) is 0 Å². The molecule has 0 spiro atoms. The number of carbonyl (C=O) groups is 1. The maximum Gasteiger partial charge on any atom is 0.216 e. The van der Waals surface area contributed by atoms with E-state index in [0.29, 0.717) is 5.82 Å². The second-order valence-electron chi connectivity index (χ2n) is 5.16. The van der Waals surface area contributed by atoms with Crippen molar-refractivity contribution >= 4 is 5.78 Å². The fraction of sp³-hybridized carbons (Fsp3) is 0.692. The third kappa shape index (κ3) is 1.97. The first-order valence-electron chi connectivity index (χ1n) is 6.81. The second kappa shape index (κ2) is 4.82. The Kier molecular flexibility index (Phi) is 3.18. The maximum absolute atomic E-state index is 12.6. The Hall–Kier alpha value is -1.20. The molecule has 3 aliphatic rings. The molecule has 5 nitrogen and oxygen atoms in total. The number of Topliss-reactive ketones (excluding diaryl/α,β-unsaturated/α-hetero) is 1. The van der Waals surface area contributed by atoms with Crippen molar-refractivity contribution in [2.75, 3.05) is 32.7 Å². The van der Waals surface area contributed by atoms with Gasteiger partial charge in [-0.2, -0.15) is 0 Å². The Morgan fingerprint density at radius 2 is 2.17 bits per heavy atom. The van der Waals surface area contributed by atoms with E-state index < -0.39 is 0 Å². The highest BCUT2D eigenvalue weighted by Gasteiger charge is 2.37. The topological polar surface area (TPSA) is 41.4 Å². The first-order valence-corrected chi connectivity index (χ1v) is 6.81. The number of imidazole rings is 1. The lowest BCUT2D eigenvalue weighted by Crippen LogP contribution is -2.63. The molecule has 0 radical (unpaired) electrons. The molecule has 18 heavy (non-hydrogen) atoms. The lowest BCUT2D eigenvalue weighted by atomic mass is 10.0. The standard InChI is InChI=1S/C13H20N4O/c1-2-4-17-5-3-14-13(17)12(18)11-10-15-6-8-16(11)9-7-15/h3,5,11H,2,4,6-10H2,1H3. The van der Waals surface area contributed by atoms with Crippen LogP contribution in [0.3, 0.4) is 0 Å². The molecular weight excluding hydrogens is 228 g/mol. The molecule has 0 aliphatic carbocycles. The lowest BCUT2D eigenvalue weighted by molar-refractivity contribution is 0.0151. The van der Waals surface area contributed by atoms with Gasteiger partial charge in [0.2, 0.25) is 5.78 Å². The van der Waals surface area contributed by atoms with Gasteiger partial charge in [-0.25, -0.2) is 4.98 Å². The Morgan fingerprint density at radius 1 is 1.39 bits per heavy atom. The molecule has 4 rings (SSSR count). The van der Waals surface area contributed by atoms with Gasteiger partial charge in [0, 0.05) is 51.7 Å². The molecule has 4 heterocycles. The highest BCUT2D eigenvalue weighted by atomic mass is 16.1. The van der Waals surface area contributed by atoms with Crippen molar-refractivity contribution in [2.24, 2.45) is 0 Å². The van der Waals surface area contributed by atoms with Gasteiger partial charge in [0.25, 0.3) is 0 Å². The smallest absolute Gasteiger partial charge is 0.216 e. The van der Waals surface area contributed by atoms with E-state index >= 15 is 0 Å². The average molecular weight is 248 g/mol. The van der Waals surface area contributed by atoms with E-state index in [9.17, 15) is 4.79 Å². The van der Waals surface area contributed by atoms with Crippen LogP contribution in [0.15, 0.2) is 12.4 Å². The van der Waals surface area contributed by atoms with Crippen molar-refractivity contribution in [3.8, 4) is 0 Å². The third-order valence-corrected chi connectivity index (χ3v) is 3.98.